The summed E-state index contributed by atoms with van der Waals surface area (Å²) in [6, 6.07) is 23.2. The Bertz CT molecular complexity index is 1040. The summed E-state index contributed by atoms with van der Waals surface area (Å²) in [6.45, 7) is 0. The summed E-state index contributed by atoms with van der Waals surface area (Å²) in [5.74, 6) is -0.299. The number of carbonyl (C=O) groups excluding carboxylic acids is 1. The molecule has 27 heavy (non-hydrogen) atoms. The monoisotopic (exact) mass is 380 g/mol. The Labute approximate surface area is 159 Å². The molecule has 0 bridgehead atoms. The molecular formula is C21H20N2O3S. The van der Waals surface area contributed by atoms with Crippen molar-refractivity contribution in [3.8, 4) is 11.1 Å². The molecule has 0 aliphatic carbocycles. The number of para-hydroxylation sites is 1. The molecule has 0 aromatic heterocycles. The number of rotatable bonds is 5. The van der Waals surface area contributed by atoms with Gasteiger partial charge < -0.3 is 5.32 Å². The van der Waals surface area contributed by atoms with E-state index in [4.69, 9.17) is 0 Å². The Morgan fingerprint density at radius 3 is 2.04 bits per heavy atom. The van der Waals surface area contributed by atoms with Crippen LogP contribution in [0.15, 0.2) is 83.8 Å². The van der Waals surface area contributed by atoms with Gasteiger partial charge in [-0.25, -0.2) is 12.7 Å². The molecule has 3 aromatic carbocycles. The first-order valence-electron chi connectivity index (χ1n) is 8.38. The lowest BCUT2D eigenvalue weighted by Crippen LogP contribution is -2.22. The Hall–Kier alpha value is -2.96. The third-order valence-electron chi connectivity index (χ3n) is 4.16. The van der Waals surface area contributed by atoms with E-state index in [-0.39, 0.29) is 10.8 Å². The Morgan fingerprint density at radius 1 is 0.815 bits per heavy atom. The molecule has 0 fully saturated rings. The van der Waals surface area contributed by atoms with Crippen LogP contribution in [0.1, 0.15) is 10.4 Å². The maximum absolute atomic E-state index is 12.6. The molecule has 3 rings (SSSR count). The lowest BCUT2D eigenvalue weighted by Gasteiger charge is -2.13. The molecule has 0 atom stereocenters. The van der Waals surface area contributed by atoms with Crippen LogP contribution in [-0.4, -0.2) is 32.7 Å². The maximum Gasteiger partial charge on any atom is 0.255 e. The number of nitrogens with one attached hydrogen (secondary N) is 1. The molecule has 0 unspecified atom stereocenters. The SMILES string of the molecule is CN(C)S(=O)(=O)c1ccc(C(=O)Nc2ccccc2-c2ccccc2)cc1. The molecular weight excluding hydrogens is 360 g/mol. The highest BCUT2D eigenvalue weighted by Gasteiger charge is 2.18. The molecule has 0 aliphatic rings. The van der Waals surface area contributed by atoms with Gasteiger partial charge in [0.15, 0.2) is 0 Å². The summed E-state index contributed by atoms with van der Waals surface area (Å²) in [4.78, 5) is 12.8. The van der Waals surface area contributed by atoms with E-state index in [0.717, 1.165) is 15.4 Å². The molecule has 1 amide bonds. The Kier molecular flexibility index (Phi) is 5.39. The predicted octanol–water partition coefficient (Wildman–Crippen LogP) is 3.86. The first-order valence-corrected chi connectivity index (χ1v) is 9.82. The number of nitrogens with zero attached hydrogens (tertiary/aromatic N) is 1. The summed E-state index contributed by atoms with van der Waals surface area (Å²) >= 11 is 0. The summed E-state index contributed by atoms with van der Waals surface area (Å²) < 4.78 is 25.4. The molecule has 0 saturated carbocycles. The minimum Gasteiger partial charge on any atom is -0.321 e. The van der Waals surface area contributed by atoms with Crippen molar-refractivity contribution in [2.24, 2.45) is 0 Å². The van der Waals surface area contributed by atoms with Crippen molar-refractivity contribution in [1.29, 1.82) is 0 Å². The maximum atomic E-state index is 12.6. The number of amides is 1. The van der Waals surface area contributed by atoms with E-state index in [0.29, 0.717) is 11.3 Å². The quantitative estimate of drug-likeness (QED) is 0.731. The average molecular weight is 380 g/mol. The van der Waals surface area contributed by atoms with Gasteiger partial charge in [-0.05, 0) is 35.9 Å². The summed E-state index contributed by atoms with van der Waals surface area (Å²) in [5, 5.41) is 2.91. The highest BCUT2D eigenvalue weighted by Crippen LogP contribution is 2.28. The van der Waals surface area contributed by atoms with Crippen molar-refractivity contribution in [3.63, 3.8) is 0 Å². The van der Waals surface area contributed by atoms with Crippen LogP contribution in [0.3, 0.4) is 0 Å². The zero-order valence-corrected chi connectivity index (χ0v) is 15.9. The predicted molar refractivity (Wildman–Crippen MR) is 107 cm³/mol. The Morgan fingerprint density at radius 2 is 1.41 bits per heavy atom. The van der Waals surface area contributed by atoms with Gasteiger partial charge in [-0.15, -0.1) is 0 Å². The summed E-state index contributed by atoms with van der Waals surface area (Å²) in [7, 11) is -0.582. The number of sulfonamides is 1. The molecule has 138 valence electrons. The first-order chi connectivity index (χ1) is 12.9. The van der Waals surface area contributed by atoms with E-state index in [1.165, 1.54) is 38.4 Å². The van der Waals surface area contributed by atoms with E-state index in [1.807, 2.05) is 54.6 Å². The van der Waals surface area contributed by atoms with Crippen molar-refractivity contribution in [3.05, 3.63) is 84.4 Å². The molecule has 1 N–H and O–H groups in total. The van der Waals surface area contributed by atoms with E-state index in [9.17, 15) is 13.2 Å². The molecule has 6 heteroatoms. The molecule has 3 aromatic rings. The Balaban J connectivity index is 1.85. The highest BCUT2D eigenvalue weighted by atomic mass is 32.2. The molecule has 0 aliphatic heterocycles. The lowest BCUT2D eigenvalue weighted by atomic mass is 10.0. The van der Waals surface area contributed by atoms with Gasteiger partial charge in [0.25, 0.3) is 5.91 Å². The number of hydrogen-bond donors (Lipinski definition) is 1. The van der Waals surface area contributed by atoms with Crippen molar-refractivity contribution in [2.75, 3.05) is 19.4 Å². The average Bonchev–Trinajstić information content (AvgIpc) is 2.69. The normalized spacial score (nSPS) is 11.4. The summed E-state index contributed by atoms with van der Waals surface area (Å²) in [5.41, 5.74) is 2.99. The van der Waals surface area contributed by atoms with Crippen LogP contribution in [-0.2, 0) is 10.0 Å². The van der Waals surface area contributed by atoms with E-state index in [1.54, 1.807) is 0 Å². The van der Waals surface area contributed by atoms with Gasteiger partial charge in [-0.3, -0.25) is 4.79 Å². The second-order valence-electron chi connectivity index (χ2n) is 6.18. The van der Waals surface area contributed by atoms with Gasteiger partial charge in [-0.1, -0.05) is 48.5 Å². The topological polar surface area (TPSA) is 66.5 Å². The summed E-state index contributed by atoms with van der Waals surface area (Å²) in [6.07, 6.45) is 0. The minimum absolute atomic E-state index is 0.147. The fourth-order valence-electron chi connectivity index (χ4n) is 2.65. The fourth-order valence-corrected chi connectivity index (χ4v) is 3.55. The highest BCUT2D eigenvalue weighted by molar-refractivity contribution is 7.89. The van der Waals surface area contributed by atoms with Crippen LogP contribution in [0.5, 0.6) is 0 Å². The number of hydrogen-bond acceptors (Lipinski definition) is 3. The van der Waals surface area contributed by atoms with Crippen LogP contribution in [0.2, 0.25) is 0 Å². The van der Waals surface area contributed by atoms with Gasteiger partial charge in [0.1, 0.15) is 0 Å². The second kappa shape index (κ2) is 7.73. The van der Waals surface area contributed by atoms with Gasteiger partial charge in [0, 0.05) is 30.9 Å². The van der Waals surface area contributed by atoms with Crippen LogP contribution < -0.4 is 5.32 Å². The first kappa shape index (κ1) is 18.8. The van der Waals surface area contributed by atoms with Gasteiger partial charge in [0.05, 0.1) is 4.90 Å². The third-order valence-corrected chi connectivity index (χ3v) is 5.98. The smallest absolute Gasteiger partial charge is 0.255 e. The number of carbonyl (C=O) groups is 1. The minimum atomic E-state index is -3.52. The van der Waals surface area contributed by atoms with Crippen molar-refractivity contribution in [2.45, 2.75) is 4.90 Å². The molecule has 0 spiro atoms. The molecule has 5 nitrogen and oxygen atoms in total. The van der Waals surface area contributed by atoms with Gasteiger partial charge >= 0.3 is 0 Å². The van der Waals surface area contributed by atoms with Gasteiger partial charge in [-0.2, -0.15) is 0 Å². The second-order valence-corrected chi connectivity index (χ2v) is 8.33. The molecule has 0 saturated heterocycles. The number of anilines is 1. The van der Waals surface area contributed by atoms with E-state index < -0.39 is 10.0 Å². The molecule has 0 heterocycles. The molecule has 0 radical (unpaired) electrons. The number of benzene rings is 3. The largest absolute Gasteiger partial charge is 0.321 e. The van der Waals surface area contributed by atoms with Crippen LogP contribution in [0.25, 0.3) is 11.1 Å². The van der Waals surface area contributed by atoms with Crippen molar-refractivity contribution in [1.82, 2.24) is 4.31 Å². The van der Waals surface area contributed by atoms with Crippen molar-refractivity contribution >= 4 is 21.6 Å². The van der Waals surface area contributed by atoms with Crippen LogP contribution in [0.4, 0.5) is 5.69 Å². The van der Waals surface area contributed by atoms with Gasteiger partial charge in [0.2, 0.25) is 10.0 Å². The zero-order valence-electron chi connectivity index (χ0n) is 15.1. The van der Waals surface area contributed by atoms with E-state index >= 15 is 0 Å². The van der Waals surface area contributed by atoms with Crippen LogP contribution in [0, 0.1) is 0 Å². The van der Waals surface area contributed by atoms with E-state index in [2.05, 4.69) is 5.32 Å². The lowest BCUT2D eigenvalue weighted by molar-refractivity contribution is 0.102. The third kappa shape index (κ3) is 4.07. The zero-order chi connectivity index (χ0) is 19.4. The standard InChI is InChI=1S/C21H20N2O3S/c1-23(2)27(25,26)18-14-12-17(13-15-18)21(24)22-20-11-7-6-10-19(20)16-8-4-3-5-9-16/h3-15H,1-2H3,(H,22,24). The van der Waals surface area contributed by atoms with Crippen molar-refractivity contribution < 1.29 is 13.2 Å². The van der Waals surface area contributed by atoms with Crippen LogP contribution >= 0.6 is 0 Å². The fraction of sp³-hybridized carbons (Fsp3) is 0.0952.